The van der Waals surface area contributed by atoms with E-state index in [4.69, 9.17) is 0 Å². The number of rotatable bonds is 4. The molecule has 0 amide bonds. The molecule has 2 heteroatoms. The summed E-state index contributed by atoms with van der Waals surface area (Å²) in [4.78, 5) is 2.56. The van der Waals surface area contributed by atoms with E-state index >= 15 is 0 Å². The first-order valence-electron chi connectivity index (χ1n) is 6.88. The third kappa shape index (κ3) is 4.84. The van der Waals surface area contributed by atoms with E-state index in [0.29, 0.717) is 11.5 Å². The van der Waals surface area contributed by atoms with Crippen LogP contribution in [0.2, 0.25) is 0 Å². The smallest absolute Gasteiger partial charge is 0.00681 e. The van der Waals surface area contributed by atoms with Crippen molar-refractivity contribution in [2.24, 2.45) is 11.3 Å². The molecule has 1 aliphatic heterocycles. The van der Waals surface area contributed by atoms with E-state index in [9.17, 15) is 0 Å². The van der Waals surface area contributed by atoms with E-state index in [-0.39, 0.29) is 0 Å². The second-order valence-corrected chi connectivity index (χ2v) is 6.50. The molecule has 1 fully saturated rings. The number of nitrogens with zero attached hydrogens (tertiary/aromatic N) is 1. The summed E-state index contributed by atoms with van der Waals surface area (Å²) in [5.41, 5.74) is 0.401. The van der Waals surface area contributed by atoms with Gasteiger partial charge >= 0.3 is 0 Å². The van der Waals surface area contributed by atoms with Gasteiger partial charge in [0.1, 0.15) is 0 Å². The Kier molecular flexibility index (Phi) is 5.26. The highest BCUT2D eigenvalue weighted by atomic mass is 15.1. The Morgan fingerprint density at radius 2 is 1.81 bits per heavy atom. The Labute approximate surface area is 102 Å². The summed E-state index contributed by atoms with van der Waals surface area (Å²) >= 11 is 0. The molecule has 0 aliphatic carbocycles. The summed E-state index contributed by atoms with van der Waals surface area (Å²) in [6.07, 6.45) is 2.73. The zero-order valence-corrected chi connectivity index (χ0v) is 11.8. The van der Waals surface area contributed by atoms with E-state index in [2.05, 4.69) is 44.8 Å². The second-order valence-electron chi connectivity index (χ2n) is 6.50. The van der Waals surface area contributed by atoms with Gasteiger partial charge in [-0.3, -0.25) is 0 Å². The summed E-state index contributed by atoms with van der Waals surface area (Å²) in [5.74, 6) is 0.880. The molecule has 1 rings (SSSR count). The summed E-state index contributed by atoms with van der Waals surface area (Å²) in [6, 6.07) is 0.679. The van der Waals surface area contributed by atoms with E-state index in [1.54, 1.807) is 0 Å². The standard InChI is InChI=1S/C14H30N2/c1-6-16-9-7-13(8-10-16)12(2)15-11-14(3,4)5/h12-13,15H,6-11H2,1-5H3. The van der Waals surface area contributed by atoms with Crippen molar-refractivity contribution in [3.8, 4) is 0 Å². The van der Waals surface area contributed by atoms with Gasteiger partial charge < -0.3 is 10.2 Å². The van der Waals surface area contributed by atoms with Crippen LogP contribution in [0.4, 0.5) is 0 Å². The van der Waals surface area contributed by atoms with Crippen LogP contribution in [0, 0.1) is 11.3 Å². The van der Waals surface area contributed by atoms with Gasteiger partial charge in [0.25, 0.3) is 0 Å². The predicted octanol–water partition coefficient (Wildman–Crippen LogP) is 2.74. The van der Waals surface area contributed by atoms with Crippen molar-refractivity contribution in [3.05, 3.63) is 0 Å². The molecule has 0 aromatic rings. The zero-order valence-electron chi connectivity index (χ0n) is 11.8. The Bertz CT molecular complexity index is 187. The van der Waals surface area contributed by atoms with Crippen molar-refractivity contribution >= 4 is 0 Å². The highest BCUT2D eigenvalue weighted by Crippen LogP contribution is 2.21. The van der Waals surface area contributed by atoms with Crippen LogP contribution >= 0.6 is 0 Å². The van der Waals surface area contributed by atoms with Gasteiger partial charge in [0.15, 0.2) is 0 Å². The first-order chi connectivity index (χ1) is 7.42. The van der Waals surface area contributed by atoms with Crippen molar-refractivity contribution < 1.29 is 0 Å². The lowest BCUT2D eigenvalue weighted by Crippen LogP contribution is -2.43. The fourth-order valence-corrected chi connectivity index (χ4v) is 2.40. The molecule has 1 saturated heterocycles. The minimum Gasteiger partial charge on any atom is -0.313 e. The Hall–Kier alpha value is -0.0800. The molecule has 0 aromatic heterocycles. The summed E-state index contributed by atoms with van der Waals surface area (Å²) < 4.78 is 0. The topological polar surface area (TPSA) is 15.3 Å². The molecule has 1 heterocycles. The molecule has 0 aromatic carbocycles. The molecule has 96 valence electrons. The van der Waals surface area contributed by atoms with Gasteiger partial charge in [-0.25, -0.2) is 0 Å². The maximum Gasteiger partial charge on any atom is 0.00681 e. The summed E-state index contributed by atoms with van der Waals surface area (Å²) in [7, 11) is 0. The van der Waals surface area contributed by atoms with Crippen molar-refractivity contribution in [1.82, 2.24) is 10.2 Å². The monoisotopic (exact) mass is 226 g/mol. The Morgan fingerprint density at radius 1 is 1.25 bits per heavy atom. The van der Waals surface area contributed by atoms with Gasteiger partial charge in [-0.1, -0.05) is 27.7 Å². The van der Waals surface area contributed by atoms with Crippen LogP contribution in [0.5, 0.6) is 0 Å². The quantitative estimate of drug-likeness (QED) is 0.793. The van der Waals surface area contributed by atoms with Crippen LogP contribution in [0.1, 0.15) is 47.5 Å². The fourth-order valence-electron chi connectivity index (χ4n) is 2.40. The molecule has 0 spiro atoms. The number of likely N-dealkylation sites (tertiary alicyclic amines) is 1. The highest BCUT2D eigenvalue weighted by Gasteiger charge is 2.23. The first-order valence-corrected chi connectivity index (χ1v) is 6.88. The second kappa shape index (κ2) is 6.02. The SMILES string of the molecule is CCN1CCC(C(C)NCC(C)(C)C)CC1. The number of hydrogen-bond donors (Lipinski definition) is 1. The van der Waals surface area contributed by atoms with Crippen LogP contribution in [0.25, 0.3) is 0 Å². The highest BCUT2D eigenvalue weighted by molar-refractivity contribution is 4.80. The average Bonchev–Trinajstić information content (AvgIpc) is 2.25. The molecular formula is C14H30N2. The molecule has 1 unspecified atom stereocenters. The molecule has 0 saturated carbocycles. The van der Waals surface area contributed by atoms with Gasteiger partial charge in [0.05, 0.1) is 0 Å². The normalized spacial score (nSPS) is 22.3. The van der Waals surface area contributed by atoms with Crippen LogP contribution in [0.3, 0.4) is 0 Å². The van der Waals surface area contributed by atoms with Gasteiger partial charge in [-0.2, -0.15) is 0 Å². The lowest BCUT2D eigenvalue weighted by atomic mass is 9.89. The lowest BCUT2D eigenvalue weighted by Gasteiger charge is -2.35. The maximum absolute atomic E-state index is 3.71. The fraction of sp³-hybridized carbons (Fsp3) is 1.00. The average molecular weight is 226 g/mol. The third-order valence-electron chi connectivity index (χ3n) is 3.74. The first kappa shape index (κ1) is 14.0. The van der Waals surface area contributed by atoms with Gasteiger partial charge in [-0.05, 0) is 50.7 Å². The molecule has 16 heavy (non-hydrogen) atoms. The van der Waals surface area contributed by atoms with E-state index in [1.807, 2.05) is 0 Å². The molecule has 1 N–H and O–H groups in total. The van der Waals surface area contributed by atoms with Gasteiger partial charge in [0, 0.05) is 12.6 Å². The molecule has 2 nitrogen and oxygen atoms in total. The number of piperidine rings is 1. The molecule has 1 atom stereocenters. The Morgan fingerprint density at radius 3 is 2.25 bits per heavy atom. The molecule has 1 aliphatic rings. The van der Waals surface area contributed by atoms with Crippen molar-refractivity contribution in [3.63, 3.8) is 0 Å². The summed E-state index contributed by atoms with van der Waals surface area (Å²) in [5, 5.41) is 3.71. The van der Waals surface area contributed by atoms with E-state index in [1.165, 1.54) is 32.5 Å². The van der Waals surface area contributed by atoms with Crippen LogP contribution < -0.4 is 5.32 Å². The van der Waals surface area contributed by atoms with E-state index in [0.717, 1.165) is 12.5 Å². The van der Waals surface area contributed by atoms with Crippen LogP contribution in [0.15, 0.2) is 0 Å². The van der Waals surface area contributed by atoms with Crippen molar-refractivity contribution in [2.45, 2.75) is 53.5 Å². The Balaban J connectivity index is 2.25. The van der Waals surface area contributed by atoms with E-state index < -0.39 is 0 Å². The predicted molar refractivity (Wildman–Crippen MR) is 71.8 cm³/mol. The van der Waals surface area contributed by atoms with Crippen LogP contribution in [-0.2, 0) is 0 Å². The van der Waals surface area contributed by atoms with Gasteiger partial charge in [-0.15, -0.1) is 0 Å². The minimum absolute atomic E-state index is 0.401. The maximum atomic E-state index is 3.71. The number of hydrogen-bond acceptors (Lipinski definition) is 2. The largest absolute Gasteiger partial charge is 0.313 e. The van der Waals surface area contributed by atoms with Crippen molar-refractivity contribution in [1.29, 1.82) is 0 Å². The zero-order chi connectivity index (χ0) is 12.2. The number of nitrogens with one attached hydrogen (secondary N) is 1. The van der Waals surface area contributed by atoms with Crippen LogP contribution in [-0.4, -0.2) is 37.1 Å². The van der Waals surface area contributed by atoms with Crippen molar-refractivity contribution in [2.75, 3.05) is 26.2 Å². The minimum atomic E-state index is 0.401. The third-order valence-corrected chi connectivity index (χ3v) is 3.74. The molecule has 0 bridgehead atoms. The van der Waals surface area contributed by atoms with Gasteiger partial charge in [0.2, 0.25) is 0 Å². The molecular weight excluding hydrogens is 196 g/mol. The summed E-state index contributed by atoms with van der Waals surface area (Å²) in [6.45, 7) is 16.5. The lowest BCUT2D eigenvalue weighted by molar-refractivity contribution is 0.164. The molecule has 0 radical (unpaired) electrons.